The van der Waals surface area contributed by atoms with Crippen LogP contribution >= 0.6 is 0 Å². The molecule has 0 aromatic rings. The van der Waals surface area contributed by atoms with Gasteiger partial charge in [-0.2, -0.15) is 0 Å². The van der Waals surface area contributed by atoms with Gasteiger partial charge in [-0.05, 0) is 77.3 Å². The first kappa shape index (κ1) is 66.8. The molecule has 0 saturated heterocycles. The maximum Gasteiger partial charge on any atom is 0.222 e. The Bertz CT molecular complexity index is 996. The molecule has 416 valence electrons. The van der Waals surface area contributed by atoms with E-state index < -0.39 is 12.2 Å². The van der Waals surface area contributed by atoms with Crippen molar-refractivity contribution >= 4 is 11.8 Å². The van der Waals surface area contributed by atoms with E-state index in [0.717, 1.165) is 129 Å². The van der Waals surface area contributed by atoms with Crippen molar-refractivity contribution in [3.8, 4) is 0 Å². The van der Waals surface area contributed by atoms with Crippen LogP contribution in [-0.4, -0.2) is 94.7 Å². The van der Waals surface area contributed by atoms with Gasteiger partial charge in [0, 0.05) is 51.5 Å². The Balaban J connectivity index is 2.51. The standard InChI is InChI=1S/C63H125N3O4/c1-5-9-13-17-21-25-35-43-54-65(55-44-36-26-22-18-14-10-6-2)61(68)50-39-31-29-33-41-52-64(58-59-48-47-49-60(67)63(59)70)53-42-34-30-32-40-51-62(69)66(56-45-37-27-23-19-15-11-7-3)57-46-38-28-24-20-16-12-8-4/h59-60,63,67,70H,5-58H2,1-4H3/t59?,60-,63+/m1/s1. The molecular weight excluding hydrogens is 863 g/mol. The first-order valence-corrected chi connectivity index (χ1v) is 32.0. The Morgan fingerprint density at radius 1 is 0.343 bits per heavy atom. The minimum Gasteiger partial charge on any atom is -0.390 e. The monoisotopic (exact) mass is 988 g/mol. The van der Waals surface area contributed by atoms with E-state index in [4.69, 9.17) is 0 Å². The fourth-order valence-electron chi connectivity index (χ4n) is 11.1. The lowest BCUT2D eigenvalue weighted by atomic mass is 9.84. The van der Waals surface area contributed by atoms with Crippen LogP contribution in [0.5, 0.6) is 0 Å². The molecule has 0 aromatic heterocycles. The van der Waals surface area contributed by atoms with E-state index >= 15 is 0 Å². The summed E-state index contributed by atoms with van der Waals surface area (Å²) >= 11 is 0. The topological polar surface area (TPSA) is 84.3 Å². The third-order valence-electron chi connectivity index (χ3n) is 16.0. The van der Waals surface area contributed by atoms with Crippen LogP contribution in [0.15, 0.2) is 0 Å². The molecular formula is C63H125N3O4. The zero-order chi connectivity index (χ0) is 50.8. The normalized spacial score (nSPS) is 16.1. The molecule has 0 aromatic carbocycles. The molecule has 70 heavy (non-hydrogen) atoms. The minimum atomic E-state index is -0.609. The van der Waals surface area contributed by atoms with Gasteiger partial charge in [0.2, 0.25) is 11.8 Å². The van der Waals surface area contributed by atoms with E-state index in [9.17, 15) is 19.8 Å². The zero-order valence-corrected chi connectivity index (χ0v) is 48.0. The van der Waals surface area contributed by atoms with Crippen LogP contribution in [0.4, 0.5) is 0 Å². The Morgan fingerprint density at radius 3 is 0.900 bits per heavy atom. The quantitative estimate of drug-likeness (QED) is 0.0593. The average Bonchev–Trinajstić information content (AvgIpc) is 3.36. The van der Waals surface area contributed by atoms with Gasteiger partial charge in [-0.1, -0.05) is 252 Å². The molecule has 1 unspecified atom stereocenters. The molecule has 7 heteroatoms. The first-order chi connectivity index (χ1) is 34.4. The van der Waals surface area contributed by atoms with E-state index in [0.29, 0.717) is 24.7 Å². The molecule has 1 aliphatic rings. The number of nitrogens with zero attached hydrogens (tertiary/aromatic N) is 3. The van der Waals surface area contributed by atoms with E-state index in [2.05, 4.69) is 42.4 Å². The van der Waals surface area contributed by atoms with Gasteiger partial charge in [-0.3, -0.25) is 9.59 Å². The number of amides is 2. The Labute approximate surface area is 438 Å². The molecule has 7 nitrogen and oxygen atoms in total. The largest absolute Gasteiger partial charge is 0.390 e. The number of aliphatic hydroxyl groups is 2. The highest BCUT2D eigenvalue weighted by Gasteiger charge is 2.31. The van der Waals surface area contributed by atoms with Gasteiger partial charge in [-0.15, -0.1) is 0 Å². The van der Waals surface area contributed by atoms with Gasteiger partial charge in [0.15, 0.2) is 0 Å². The highest BCUT2D eigenvalue weighted by molar-refractivity contribution is 5.76. The summed E-state index contributed by atoms with van der Waals surface area (Å²) in [4.78, 5) is 34.1. The second kappa shape index (κ2) is 51.3. The third kappa shape index (κ3) is 40.2. The summed E-state index contributed by atoms with van der Waals surface area (Å²) in [6.45, 7) is 15.9. The summed E-state index contributed by atoms with van der Waals surface area (Å²) in [6.07, 6.45) is 56.1. The molecule has 1 saturated carbocycles. The first-order valence-electron chi connectivity index (χ1n) is 32.0. The van der Waals surface area contributed by atoms with Gasteiger partial charge in [0.1, 0.15) is 0 Å². The van der Waals surface area contributed by atoms with Crippen molar-refractivity contribution in [3.63, 3.8) is 0 Å². The van der Waals surface area contributed by atoms with Crippen LogP contribution in [0.2, 0.25) is 0 Å². The number of rotatable bonds is 54. The van der Waals surface area contributed by atoms with Crippen LogP contribution in [0, 0.1) is 5.92 Å². The second-order valence-corrected chi connectivity index (χ2v) is 22.7. The lowest BCUT2D eigenvalue weighted by Crippen LogP contribution is -2.44. The van der Waals surface area contributed by atoms with E-state index in [1.807, 2.05) is 0 Å². The maximum absolute atomic E-state index is 13.5. The fraction of sp³-hybridized carbons (Fsp3) is 0.968. The summed E-state index contributed by atoms with van der Waals surface area (Å²) in [5.41, 5.74) is 0. The molecule has 0 aliphatic heterocycles. The third-order valence-corrected chi connectivity index (χ3v) is 16.0. The molecule has 1 fully saturated rings. The molecule has 2 amide bonds. The van der Waals surface area contributed by atoms with Gasteiger partial charge in [0.05, 0.1) is 12.2 Å². The number of unbranched alkanes of at least 4 members (excludes halogenated alkanes) is 36. The van der Waals surface area contributed by atoms with Crippen molar-refractivity contribution in [2.24, 2.45) is 5.92 Å². The van der Waals surface area contributed by atoms with E-state index in [-0.39, 0.29) is 5.92 Å². The Morgan fingerprint density at radius 2 is 0.600 bits per heavy atom. The van der Waals surface area contributed by atoms with Gasteiger partial charge >= 0.3 is 0 Å². The SMILES string of the molecule is CCCCCCCCCCN(CCCCCCCCCC)C(=O)CCCCCCCN(CCCCCCCC(=O)N(CCCCCCCCCC)CCCCCCCCCC)CC1CCC[C@@H](O)[C@H]1O. The van der Waals surface area contributed by atoms with Crippen LogP contribution < -0.4 is 0 Å². The minimum absolute atomic E-state index is 0.153. The number of carbonyl (C=O) groups is 2. The highest BCUT2D eigenvalue weighted by Crippen LogP contribution is 2.26. The second-order valence-electron chi connectivity index (χ2n) is 22.7. The van der Waals surface area contributed by atoms with Crippen molar-refractivity contribution in [3.05, 3.63) is 0 Å². The molecule has 1 aliphatic carbocycles. The summed E-state index contributed by atoms with van der Waals surface area (Å²) in [6, 6.07) is 0. The Kier molecular flexibility index (Phi) is 49.0. The molecule has 0 spiro atoms. The molecule has 3 atom stereocenters. The van der Waals surface area contributed by atoms with Crippen molar-refractivity contribution < 1.29 is 19.8 Å². The van der Waals surface area contributed by atoms with Crippen molar-refractivity contribution in [2.75, 3.05) is 45.8 Å². The number of aliphatic hydroxyl groups excluding tert-OH is 2. The summed E-state index contributed by atoms with van der Waals surface area (Å²) in [5.74, 6) is 0.934. The maximum atomic E-state index is 13.5. The predicted molar refractivity (Wildman–Crippen MR) is 305 cm³/mol. The van der Waals surface area contributed by atoms with Crippen molar-refractivity contribution in [1.82, 2.24) is 14.7 Å². The molecule has 0 bridgehead atoms. The highest BCUT2D eigenvalue weighted by atomic mass is 16.3. The molecule has 2 N–H and O–H groups in total. The van der Waals surface area contributed by atoms with Crippen LogP contribution in [-0.2, 0) is 9.59 Å². The number of hydrogen-bond acceptors (Lipinski definition) is 5. The Hall–Kier alpha value is -1.18. The summed E-state index contributed by atoms with van der Waals surface area (Å²) in [5, 5.41) is 21.4. The molecule has 0 heterocycles. The predicted octanol–water partition coefficient (Wildman–Crippen LogP) is 17.7. The van der Waals surface area contributed by atoms with Crippen LogP contribution in [0.1, 0.15) is 329 Å². The lowest BCUT2D eigenvalue weighted by molar-refractivity contribution is -0.132. The fourth-order valence-corrected chi connectivity index (χ4v) is 11.1. The van der Waals surface area contributed by atoms with Crippen LogP contribution in [0.25, 0.3) is 0 Å². The van der Waals surface area contributed by atoms with Gasteiger partial charge < -0.3 is 24.9 Å². The lowest BCUT2D eigenvalue weighted by Gasteiger charge is -2.35. The molecule has 0 radical (unpaired) electrons. The summed E-state index contributed by atoms with van der Waals surface area (Å²) in [7, 11) is 0. The van der Waals surface area contributed by atoms with E-state index in [1.165, 1.54) is 205 Å². The van der Waals surface area contributed by atoms with E-state index in [1.54, 1.807) is 0 Å². The smallest absolute Gasteiger partial charge is 0.222 e. The zero-order valence-electron chi connectivity index (χ0n) is 48.0. The van der Waals surface area contributed by atoms with Gasteiger partial charge in [-0.25, -0.2) is 0 Å². The van der Waals surface area contributed by atoms with Crippen molar-refractivity contribution in [2.45, 2.75) is 342 Å². The van der Waals surface area contributed by atoms with Crippen molar-refractivity contribution in [1.29, 1.82) is 0 Å². The molecule has 1 rings (SSSR count). The number of hydrogen-bond donors (Lipinski definition) is 2. The number of carbonyl (C=O) groups excluding carboxylic acids is 2. The van der Waals surface area contributed by atoms with Crippen LogP contribution in [0.3, 0.4) is 0 Å². The van der Waals surface area contributed by atoms with Gasteiger partial charge in [0.25, 0.3) is 0 Å². The average molecular weight is 989 g/mol. The summed E-state index contributed by atoms with van der Waals surface area (Å²) < 4.78 is 0.